The molecule has 3 nitrogen and oxygen atoms in total. The maximum atomic E-state index is 12.0. The lowest BCUT2D eigenvalue weighted by atomic mass is 9.69. The van der Waals surface area contributed by atoms with Crippen molar-refractivity contribution in [3.8, 4) is 5.75 Å². The molecule has 1 aromatic heterocycles. The fourth-order valence-corrected chi connectivity index (χ4v) is 3.08. The summed E-state index contributed by atoms with van der Waals surface area (Å²) in [5.41, 5.74) is 2.41. The normalized spacial score (nSPS) is 13.6. The lowest BCUT2D eigenvalue weighted by Crippen LogP contribution is -2.23. The number of carbonyl (C=O) groups is 1. The first-order valence-corrected chi connectivity index (χ1v) is 9.45. The topological polar surface area (TPSA) is 39.2 Å². The third kappa shape index (κ3) is 7.01. The maximum absolute atomic E-state index is 12.0. The molecule has 0 fully saturated rings. The molecular weight excluding hydrogens is 334 g/mol. The molecule has 27 heavy (non-hydrogen) atoms. The minimum absolute atomic E-state index is 0.164. The molecule has 1 heterocycles. The van der Waals surface area contributed by atoms with Crippen LogP contribution in [0.3, 0.4) is 0 Å². The Morgan fingerprint density at radius 2 is 1.70 bits per heavy atom. The highest BCUT2D eigenvalue weighted by Crippen LogP contribution is 2.43. The van der Waals surface area contributed by atoms with Crippen LogP contribution >= 0.6 is 0 Å². The van der Waals surface area contributed by atoms with Crippen LogP contribution in [0.1, 0.15) is 65.1 Å². The molecule has 0 bridgehead atoms. The molecule has 0 radical (unpaired) electrons. The molecule has 0 saturated heterocycles. The van der Waals surface area contributed by atoms with Gasteiger partial charge in [-0.3, -0.25) is 4.98 Å². The number of aromatic nitrogens is 1. The van der Waals surface area contributed by atoms with Crippen LogP contribution in [0.2, 0.25) is 0 Å². The first kappa shape index (κ1) is 20.9. The summed E-state index contributed by atoms with van der Waals surface area (Å²) in [5, 5.41) is 0. The van der Waals surface area contributed by atoms with Crippen molar-refractivity contribution in [2.45, 2.75) is 53.9 Å². The van der Waals surface area contributed by atoms with E-state index in [9.17, 15) is 4.79 Å². The van der Waals surface area contributed by atoms with Crippen LogP contribution in [0, 0.1) is 10.8 Å². The molecule has 2 aromatic rings. The van der Waals surface area contributed by atoms with Gasteiger partial charge in [-0.15, -0.1) is 0 Å². The fourth-order valence-electron chi connectivity index (χ4n) is 3.08. The maximum Gasteiger partial charge on any atom is 0.336 e. The summed E-state index contributed by atoms with van der Waals surface area (Å²) >= 11 is 0. The molecule has 3 heteroatoms. The zero-order valence-corrected chi connectivity index (χ0v) is 17.3. The average Bonchev–Trinajstić information content (AvgIpc) is 2.58. The van der Waals surface area contributed by atoms with Gasteiger partial charge in [0.1, 0.15) is 5.75 Å². The summed E-state index contributed by atoms with van der Waals surface area (Å²) < 4.78 is 5.40. The van der Waals surface area contributed by atoms with E-state index in [2.05, 4.69) is 58.7 Å². The molecule has 144 valence electrons. The lowest BCUT2D eigenvalue weighted by Gasteiger charge is -2.36. The second-order valence-corrected chi connectivity index (χ2v) is 9.26. The Morgan fingerprint density at radius 3 is 2.22 bits per heavy atom. The highest BCUT2D eigenvalue weighted by Gasteiger charge is 2.30. The highest BCUT2D eigenvalue weighted by atomic mass is 16.5. The number of hydrogen-bond donors (Lipinski definition) is 0. The van der Waals surface area contributed by atoms with Crippen molar-refractivity contribution in [3.05, 3.63) is 66.0 Å². The average molecular weight is 366 g/mol. The standard InChI is InChI=1S/C24H31NO2/c1-23(2,3)17-21(24(4,5)6)18-10-13-20(14-11-18)27-22(26)15-12-19-9-7-8-16-25-19/h7-16,21H,17H2,1-6H3/b15-12+. The van der Waals surface area contributed by atoms with Crippen molar-refractivity contribution in [1.82, 2.24) is 4.98 Å². The van der Waals surface area contributed by atoms with Gasteiger partial charge in [-0.25, -0.2) is 4.79 Å². The van der Waals surface area contributed by atoms with Gasteiger partial charge < -0.3 is 4.74 Å². The molecule has 1 atom stereocenters. The zero-order valence-electron chi connectivity index (χ0n) is 17.3. The zero-order chi connectivity index (χ0) is 20.1. The minimum Gasteiger partial charge on any atom is -0.423 e. The third-order valence-electron chi connectivity index (χ3n) is 4.44. The Bertz CT molecular complexity index is 763. The largest absolute Gasteiger partial charge is 0.423 e. The number of benzene rings is 1. The van der Waals surface area contributed by atoms with Crippen molar-refractivity contribution < 1.29 is 9.53 Å². The van der Waals surface area contributed by atoms with Crippen LogP contribution in [0.25, 0.3) is 6.08 Å². The molecule has 0 spiro atoms. The van der Waals surface area contributed by atoms with Gasteiger partial charge in [0, 0.05) is 12.3 Å². The van der Waals surface area contributed by atoms with E-state index in [-0.39, 0.29) is 10.8 Å². The van der Waals surface area contributed by atoms with E-state index in [1.807, 2.05) is 30.3 Å². The summed E-state index contributed by atoms with van der Waals surface area (Å²) in [7, 11) is 0. The second-order valence-electron chi connectivity index (χ2n) is 9.26. The van der Waals surface area contributed by atoms with Gasteiger partial charge in [0.25, 0.3) is 0 Å². The van der Waals surface area contributed by atoms with Gasteiger partial charge in [0.05, 0.1) is 5.69 Å². The third-order valence-corrected chi connectivity index (χ3v) is 4.44. The fraction of sp³-hybridized carbons (Fsp3) is 0.417. The summed E-state index contributed by atoms with van der Waals surface area (Å²) in [5.74, 6) is 0.583. The summed E-state index contributed by atoms with van der Waals surface area (Å²) in [6, 6.07) is 13.5. The van der Waals surface area contributed by atoms with E-state index in [0.29, 0.717) is 11.7 Å². The van der Waals surface area contributed by atoms with Crippen LogP contribution in [-0.2, 0) is 4.79 Å². The molecule has 2 rings (SSSR count). The lowest BCUT2D eigenvalue weighted by molar-refractivity contribution is -0.128. The first-order chi connectivity index (χ1) is 12.5. The number of carbonyl (C=O) groups excluding carboxylic acids is 1. The molecule has 0 aliphatic carbocycles. The summed E-state index contributed by atoms with van der Waals surface area (Å²) in [4.78, 5) is 16.2. The molecule has 0 aliphatic heterocycles. The van der Waals surface area contributed by atoms with E-state index in [1.165, 1.54) is 11.6 Å². The van der Waals surface area contributed by atoms with Crippen molar-refractivity contribution in [2.24, 2.45) is 10.8 Å². The number of esters is 1. The predicted octanol–water partition coefficient (Wildman–Crippen LogP) is 6.27. The Balaban J connectivity index is 2.07. The molecular formula is C24H31NO2. The van der Waals surface area contributed by atoms with Crippen LogP contribution in [0.15, 0.2) is 54.7 Å². The monoisotopic (exact) mass is 365 g/mol. The van der Waals surface area contributed by atoms with Gasteiger partial charge in [0.15, 0.2) is 0 Å². The quantitative estimate of drug-likeness (QED) is 0.356. The van der Waals surface area contributed by atoms with Crippen molar-refractivity contribution in [2.75, 3.05) is 0 Å². The van der Waals surface area contributed by atoms with Crippen LogP contribution in [-0.4, -0.2) is 11.0 Å². The summed E-state index contributed by atoms with van der Waals surface area (Å²) in [6.45, 7) is 13.7. The molecule has 0 aliphatic rings. The van der Waals surface area contributed by atoms with Gasteiger partial charge in [-0.1, -0.05) is 59.7 Å². The van der Waals surface area contributed by atoms with E-state index in [0.717, 1.165) is 12.1 Å². The minimum atomic E-state index is -0.407. The smallest absolute Gasteiger partial charge is 0.336 e. The van der Waals surface area contributed by atoms with Crippen LogP contribution < -0.4 is 4.74 Å². The Morgan fingerprint density at radius 1 is 1.04 bits per heavy atom. The SMILES string of the molecule is CC(C)(C)CC(c1ccc(OC(=O)/C=C/c2ccccn2)cc1)C(C)(C)C. The summed E-state index contributed by atoms with van der Waals surface area (Å²) in [6.07, 6.45) is 5.83. The number of ether oxygens (including phenoxy) is 1. The number of pyridine rings is 1. The molecule has 0 amide bonds. The van der Waals surface area contributed by atoms with Gasteiger partial charge in [0.2, 0.25) is 0 Å². The van der Waals surface area contributed by atoms with E-state index in [1.54, 1.807) is 12.3 Å². The van der Waals surface area contributed by atoms with Gasteiger partial charge in [-0.2, -0.15) is 0 Å². The first-order valence-electron chi connectivity index (χ1n) is 9.45. The highest BCUT2D eigenvalue weighted by molar-refractivity contribution is 5.88. The number of nitrogens with zero attached hydrogens (tertiary/aromatic N) is 1. The van der Waals surface area contributed by atoms with E-state index >= 15 is 0 Å². The Hall–Kier alpha value is -2.42. The van der Waals surface area contributed by atoms with Gasteiger partial charge >= 0.3 is 5.97 Å². The van der Waals surface area contributed by atoms with Crippen molar-refractivity contribution in [3.63, 3.8) is 0 Å². The van der Waals surface area contributed by atoms with E-state index in [4.69, 9.17) is 4.74 Å². The second kappa shape index (κ2) is 8.51. The van der Waals surface area contributed by atoms with Crippen molar-refractivity contribution >= 4 is 12.0 Å². The predicted molar refractivity (Wildman–Crippen MR) is 112 cm³/mol. The Labute approximate surface area is 163 Å². The molecule has 1 unspecified atom stereocenters. The van der Waals surface area contributed by atoms with Crippen LogP contribution in [0.5, 0.6) is 5.75 Å². The molecule has 0 N–H and O–H groups in total. The van der Waals surface area contributed by atoms with Crippen LogP contribution in [0.4, 0.5) is 0 Å². The number of rotatable bonds is 5. The Kier molecular flexibility index (Phi) is 6.59. The molecule has 1 aromatic carbocycles. The van der Waals surface area contributed by atoms with E-state index < -0.39 is 5.97 Å². The molecule has 0 saturated carbocycles. The van der Waals surface area contributed by atoms with Crippen molar-refractivity contribution in [1.29, 1.82) is 0 Å². The number of hydrogen-bond acceptors (Lipinski definition) is 3. The van der Waals surface area contributed by atoms with Gasteiger partial charge in [-0.05, 0) is 59.1 Å².